The van der Waals surface area contributed by atoms with Gasteiger partial charge in [0.2, 0.25) is 0 Å². The maximum absolute atomic E-state index is 6.13. The zero-order valence-electron chi connectivity index (χ0n) is 15.1. The van der Waals surface area contributed by atoms with Crippen LogP contribution in [0.1, 0.15) is 59.3 Å². The van der Waals surface area contributed by atoms with Crippen molar-refractivity contribution in [2.45, 2.75) is 71.4 Å². The van der Waals surface area contributed by atoms with Gasteiger partial charge in [0.25, 0.3) is 0 Å². The molecule has 4 nitrogen and oxygen atoms in total. The Kier molecular flexibility index (Phi) is 3.86. The number of nitrogens with one attached hydrogen (secondary N) is 1. The molecule has 0 aromatic rings. The molecule has 4 heteroatoms. The van der Waals surface area contributed by atoms with Crippen LogP contribution in [0.3, 0.4) is 0 Å². The van der Waals surface area contributed by atoms with E-state index in [1.807, 2.05) is 0 Å². The summed E-state index contributed by atoms with van der Waals surface area (Å²) in [7, 11) is 0. The summed E-state index contributed by atoms with van der Waals surface area (Å²) in [6.45, 7) is 11.0. The molecule has 0 aromatic heterocycles. The first-order chi connectivity index (χ1) is 11.1. The predicted octanol–water partition coefficient (Wildman–Crippen LogP) is 3.03. The van der Waals surface area contributed by atoms with E-state index in [1.54, 1.807) is 0 Å². The van der Waals surface area contributed by atoms with Gasteiger partial charge in [-0.15, -0.1) is 0 Å². The van der Waals surface area contributed by atoms with Crippen LogP contribution < -0.4 is 5.32 Å². The van der Waals surface area contributed by atoms with Gasteiger partial charge in [-0.25, -0.2) is 0 Å². The van der Waals surface area contributed by atoms with Gasteiger partial charge in [-0.2, -0.15) is 0 Å². The molecule has 2 aliphatic heterocycles. The normalized spacial score (nSPS) is 38.0. The van der Waals surface area contributed by atoms with E-state index in [0.717, 1.165) is 26.2 Å². The fourth-order valence-electron chi connectivity index (χ4n) is 5.72. The fraction of sp³-hybridized carbons (Fsp3) is 0.947. The highest BCUT2D eigenvalue weighted by molar-refractivity contribution is 5.81. The minimum absolute atomic E-state index is 0.408. The fourth-order valence-corrected chi connectivity index (χ4v) is 5.72. The van der Waals surface area contributed by atoms with Crippen LogP contribution in [0.25, 0.3) is 0 Å². The Balaban J connectivity index is 1.51. The van der Waals surface area contributed by atoms with Gasteiger partial charge in [0.15, 0.2) is 5.96 Å². The second-order valence-corrected chi connectivity index (χ2v) is 8.94. The average molecular weight is 319 g/mol. The van der Waals surface area contributed by atoms with Gasteiger partial charge in [-0.05, 0) is 38.0 Å². The average Bonchev–Trinajstić information content (AvgIpc) is 3.21. The van der Waals surface area contributed by atoms with Gasteiger partial charge in [0, 0.05) is 43.6 Å². The zero-order chi connectivity index (χ0) is 16.1. The lowest BCUT2D eigenvalue weighted by atomic mass is 9.54. The highest BCUT2D eigenvalue weighted by Crippen LogP contribution is 2.60. The van der Waals surface area contributed by atoms with E-state index >= 15 is 0 Å². The Morgan fingerprint density at radius 3 is 2.70 bits per heavy atom. The number of rotatable bonds is 2. The molecule has 0 amide bonds. The summed E-state index contributed by atoms with van der Waals surface area (Å²) in [6, 6.07) is 0.589. The van der Waals surface area contributed by atoms with Gasteiger partial charge >= 0.3 is 0 Å². The molecule has 0 aromatic carbocycles. The maximum atomic E-state index is 6.13. The topological polar surface area (TPSA) is 36.9 Å². The van der Waals surface area contributed by atoms with E-state index < -0.39 is 0 Å². The Labute approximate surface area is 141 Å². The lowest BCUT2D eigenvalue weighted by Crippen LogP contribution is -2.69. The highest BCUT2D eigenvalue weighted by atomic mass is 16.5. The van der Waals surface area contributed by atoms with Crippen molar-refractivity contribution in [3.63, 3.8) is 0 Å². The predicted molar refractivity (Wildman–Crippen MR) is 93.6 cm³/mol. The number of aliphatic imine (C=N–C) groups is 1. The molecule has 4 aliphatic rings. The van der Waals surface area contributed by atoms with Crippen molar-refractivity contribution in [2.24, 2.45) is 21.7 Å². The highest BCUT2D eigenvalue weighted by Gasteiger charge is 2.65. The number of guanidine groups is 1. The standard InChI is InChI=1S/C19H33N3O/c1-4-20-17(22-11-10-18(2,3)13-22)21-15-14-7-12-23-16(14)19(15)8-5-6-9-19/h14-16H,4-13H2,1-3H3,(H,20,21). The second kappa shape index (κ2) is 5.65. The van der Waals surface area contributed by atoms with Crippen molar-refractivity contribution in [1.29, 1.82) is 0 Å². The van der Waals surface area contributed by atoms with Crippen molar-refractivity contribution < 1.29 is 4.74 Å². The minimum Gasteiger partial charge on any atom is -0.377 e. The van der Waals surface area contributed by atoms with Crippen LogP contribution in [0.2, 0.25) is 0 Å². The molecule has 2 aliphatic carbocycles. The van der Waals surface area contributed by atoms with Crippen molar-refractivity contribution in [3.8, 4) is 0 Å². The molecule has 1 spiro atoms. The Bertz CT molecular complexity index is 481. The molecule has 2 heterocycles. The summed E-state index contributed by atoms with van der Waals surface area (Å²) in [5.41, 5.74) is 0.824. The van der Waals surface area contributed by atoms with E-state index in [0.29, 0.717) is 28.9 Å². The summed E-state index contributed by atoms with van der Waals surface area (Å²) in [5.74, 6) is 1.88. The molecule has 3 atom stereocenters. The quantitative estimate of drug-likeness (QED) is 0.628. The third-order valence-electron chi connectivity index (χ3n) is 6.86. The lowest BCUT2D eigenvalue weighted by Gasteiger charge is -2.57. The number of hydrogen-bond acceptors (Lipinski definition) is 2. The third-order valence-corrected chi connectivity index (χ3v) is 6.86. The number of fused-ring (bicyclic) bond motifs is 2. The number of hydrogen-bond donors (Lipinski definition) is 1. The summed E-state index contributed by atoms with van der Waals surface area (Å²) < 4.78 is 6.13. The van der Waals surface area contributed by atoms with Gasteiger partial charge in [-0.3, -0.25) is 4.99 Å². The lowest BCUT2D eigenvalue weighted by molar-refractivity contribution is -0.125. The maximum Gasteiger partial charge on any atom is 0.194 e. The molecule has 2 saturated carbocycles. The van der Waals surface area contributed by atoms with Crippen molar-refractivity contribution in [1.82, 2.24) is 10.2 Å². The first-order valence-electron chi connectivity index (χ1n) is 9.73. The molecule has 1 N–H and O–H groups in total. The third kappa shape index (κ3) is 2.48. The molecule has 130 valence electrons. The number of nitrogens with zero attached hydrogens (tertiary/aromatic N) is 2. The monoisotopic (exact) mass is 319 g/mol. The van der Waals surface area contributed by atoms with Crippen molar-refractivity contribution in [3.05, 3.63) is 0 Å². The molecule has 0 bridgehead atoms. The van der Waals surface area contributed by atoms with Gasteiger partial charge in [0.1, 0.15) is 0 Å². The van der Waals surface area contributed by atoms with Crippen LogP contribution in [-0.2, 0) is 4.74 Å². The molecule has 0 radical (unpaired) electrons. The smallest absolute Gasteiger partial charge is 0.194 e. The molecule has 3 unspecified atom stereocenters. The van der Waals surface area contributed by atoms with Crippen LogP contribution >= 0.6 is 0 Å². The minimum atomic E-state index is 0.408. The van der Waals surface area contributed by atoms with Crippen LogP contribution in [0.15, 0.2) is 4.99 Å². The van der Waals surface area contributed by atoms with Crippen molar-refractivity contribution >= 4 is 5.96 Å². The van der Waals surface area contributed by atoms with E-state index in [2.05, 4.69) is 31.0 Å². The number of ether oxygens (including phenoxy) is 1. The molecule has 23 heavy (non-hydrogen) atoms. The van der Waals surface area contributed by atoms with E-state index in [9.17, 15) is 0 Å². The van der Waals surface area contributed by atoms with Crippen LogP contribution in [0, 0.1) is 16.7 Å². The molecule has 4 rings (SSSR count). The van der Waals surface area contributed by atoms with E-state index in [-0.39, 0.29) is 0 Å². The summed E-state index contributed by atoms with van der Waals surface area (Å²) in [5, 5.41) is 3.93. The Hall–Kier alpha value is -0.770. The molecular formula is C19H33N3O. The van der Waals surface area contributed by atoms with Crippen LogP contribution in [0.4, 0.5) is 0 Å². The van der Waals surface area contributed by atoms with Crippen molar-refractivity contribution in [2.75, 3.05) is 26.2 Å². The summed E-state index contributed by atoms with van der Waals surface area (Å²) >= 11 is 0. The first kappa shape index (κ1) is 15.7. The van der Waals surface area contributed by atoms with Crippen LogP contribution in [-0.4, -0.2) is 49.2 Å². The Morgan fingerprint density at radius 2 is 2.04 bits per heavy atom. The van der Waals surface area contributed by atoms with Crippen LogP contribution in [0.5, 0.6) is 0 Å². The SMILES string of the molecule is CCN=C(NC1C2CCOC2C12CCCC2)N1CCC(C)(C)C1. The van der Waals surface area contributed by atoms with Gasteiger partial charge < -0.3 is 15.0 Å². The second-order valence-electron chi connectivity index (χ2n) is 8.94. The Morgan fingerprint density at radius 1 is 1.26 bits per heavy atom. The number of likely N-dealkylation sites (tertiary alicyclic amines) is 1. The molecular weight excluding hydrogens is 286 g/mol. The van der Waals surface area contributed by atoms with Gasteiger partial charge in [-0.1, -0.05) is 26.7 Å². The molecule has 2 saturated heterocycles. The van der Waals surface area contributed by atoms with Gasteiger partial charge in [0.05, 0.1) is 6.10 Å². The van der Waals surface area contributed by atoms with E-state index in [4.69, 9.17) is 9.73 Å². The summed E-state index contributed by atoms with van der Waals surface area (Å²) in [6.07, 6.45) is 8.47. The molecule has 4 fully saturated rings. The summed E-state index contributed by atoms with van der Waals surface area (Å²) in [4.78, 5) is 7.35. The zero-order valence-corrected chi connectivity index (χ0v) is 15.1. The van der Waals surface area contributed by atoms with E-state index in [1.165, 1.54) is 44.5 Å². The largest absolute Gasteiger partial charge is 0.377 e. The first-order valence-corrected chi connectivity index (χ1v) is 9.73.